The SMILES string of the molecule is COc1cc(CNC2CCN(Cc3ccccc3)CC2)ccc1Oc1nnnn1-c1ccccc1.Cl.Cl. The first-order valence-corrected chi connectivity index (χ1v) is 12.0. The number of methoxy groups -OCH3 is 1. The standard InChI is InChI=1S/C27H30N6O2.2ClH/c1-34-26-18-22(19-28-23-14-16-32(17-15-23)20-21-8-4-2-5-9-21)12-13-25(26)35-27-29-30-31-33(27)24-10-6-3-7-11-24;;/h2-13,18,23,28H,14-17,19-20H2,1H3;2*1H. The molecule has 0 spiro atoms. The van der Waals surface area contributed by atoms with Crippen molar-refractivity contribution < 1.29 is 9.47 Å². The average Bonchev–Trinajstić information content (AvgIpc) is 3.38. The van der Waals surface area contributed by atoms with Crippen LogP contribution in [0.2, 0.25) is 0 Å². The molecule has 1 fully saturated rings. The minimum atomic E-state index is 0. The van der Waals surface area contributed by atoms with Crippen LogP contribution in [0.5, 0.6) is 17.5 Å². The van der Waals surface area contributed by atoms with Crippen LogP contribution in [0.1, 0.15) is 24.0 Å². The molecule has 8 nitrogen and oxygen atoms in total. The molecule has 37 heavy (non-hydrogen) atoms. The van der Waals surface area contributed by atoms with Gasteiger partial charge in [-0.05, 0) is 71.8 Å². The van der Waals surface area contributed by atoms with Gasteiger partial charge in [-0.3, -0.25) is 4.90 Å². The number of benzene rings is 3. The number of ether oxygens (including phenoxy) is 2. The summed E-state index contributed by atoms with van der Waals surface area (Å²) in [5.74, 6) is 1.21. The topological polar surface area (TPSA) is 77.3 Å². The fourth-order valence-corrected chi connectivity index (χ4v) is 4.38. The van der Waals surface area contributed by atoms with E-state index in [1.165, 1.54) is 5.56 Å². The third-order valence-corrected chi connectivity index (χ3v) is 6.30. The van der Waals surface area contributed by atoms with Crippen molar-refractivity contribution in [2.45, 2.75) is 32.0 Å². The van der Waals surface area contributed by atoms with Crippen LogP contribution in [-0.2, 0) is 13.1 Å². The zero-order chi connectivity index (χ0) is 23.9. The Morgan fingerprint density at radius 3 is 2.27 bits per heavy atom. The van der Waals surface area contributed by atoms with E-state index in [1.54, 1.807) is 11.8 Å². The molecule has 0 radical (unpaired) electrons. The molecule has 5 rings (SSSR count). The molecule has 0 atom stereocenters. The van der Waals surface area contributed by atoms with Gasteiger partial charge in [0.2, 0.25) is 0 Å². The molecule has 3 aromatic carbocycles. The van der Waals surface area contributed by atoms with Crippen LogP contribution >= 0.6 is 24.8 Å². The Hall–Kier alpha value is -3.17. The van der Waals surface area contributed by atoms with Gasteiger partial charge < -0.3 is 14.8 Å². The van der Waals surface area contributed by atoms with Crippen LogP contribution in [0.25, 0.3) is 5.69 Å². The lowest BCUT2D eigenvalue weighted by Crippen LogP contribution is -2.41. The van der Waals surface area contributed by atoms with E-state index in [0.29, 0.717) is 17.5 Å². The Bertz CT molecular complexity index is 1220. The molecule has 196 valence electrons. The summed E-state index contributed by atoms with van der Waals surface area (Å²) < 4.78 is 13.2. The van der Waals surface area contributed by atoms with Gasteiger partial charge in [0.25, 0.3) is 0 Å². The smallest absolute Gasteiger partial charge is 0.346 e. The van der Waals surface area contributed by atoms with Crippen molar-refractivity contribution in [3.05, 3.63) is 90.0 Å². The van der Waals surface area contributed by atoms with Crippen molar-refractivity contribution in [2.24, 2.45) is 0 Å². The molecular formula is C27H32Cl2N6O2. The second kappa shape index (κ2) is 13.9. The van der Waals surface area contributed by atoms with Crippen LogP contribution in [0.4, 0.5) is 0 Å². The highest BCUT2D eigenvalue weighted by atomic mass is 35.5. The summed E-state index contributed by atoms with van der Waals surface area (Å²) in [5, 5.41) is 15.5. The molecule has 2 heterocycles. The second-order valence-corrected chi connectivity index (χ2v) is 8.71. The molecule has 0 saturated carbocycles. The molecule has 1 aliphatic heterocycles. The molecule has 0 bridgehead atoms. The Balaban J connectivity index is 0.00000190. The number of likely N-dealkylation sites (tertiary alicyclic amines) is 1. The molecular weight excluding hydrogens is 511 g/mol. The summed E-state index contributed by atoms with van der Waals surface area (Å²) in [7, 11) is 1.64. The highest BCUT2D eigenvalue weighted by Gasteiger charge is 2.19. The number of rotatable bonds is 9. The van der Waals surface area contributed by atoms with Gasteiger partial charge in [-0.25, -0.2) is 0 Å². The molecule has 10 heteroatoms. The maximum Gasteiger partial charge on any atom is 0.346 e. The maximum absolute atomic E-state index is 6.01. The largest absolute Gasteiger partial charge is 0.493 e. The van der Waals surface area contributed by atoms with E-state index in [9.17, 15) is 0 Å². The predicted octanol–water partition coefficient (Wildman–Crippen LogP) is 5.06. The number of para-hydroxylation sites is 1. The van der Waals surface area contributed by atoms with Crippen LogP contribution in [0.3, 0.4) is 0 Å². The van der Waals surface area contributed by atoms with Gasteiger partial charge in [-0.2, -0.15) is 4.68 Å². The highest BCUT2D eigenvalue weighted by molar-refractivity contribution is 5.85. The minimum absolute atomic E-state index is 0. The molecule has 1 aromatic heterocycles. The van der Waals surface area contributed by atoms with Crippen LogP contribution < -0.4 is 14.8 Å². The zero-order valence-electron chi connectivity index (χ0n) is 20.7. The number of nitrogens with zero attached hydrogens (tertiary/aromatic N) is 5. The number of hydrogen-bond acceptors (Lipinski definition) is 7. The third-order valence-electron chi connectivity index (χ3n) is 6.30. The molecule has 0 aliphatic carbocycles. The third kappa shape index (κ3) is 7.42. The maximum atomic E-state index is 6.01. The van der Waals surface area contributed by atoms with Gasteiger partial charge >= 0.3 is 6.01 Å². The molecule has 1 N–H and O–H groups in total. The lowest BCUT2D eigenvalue weighted by molar-refractivity contribution is 0.190. The zero-order valence-corrected chi connectivity index (χ0v) is 22.3. The van der Waals surface area contributed by atoms with E-state index in [0.717, 1.165) is 50.3 Å². The molecule has 1 saturated heterocycles. The Morgan fingerprint density at radius 2 is 1.57 bits per heavy atom. The Morgan fingerprint density at radius 1 is 0.865 bits per heavy atom. The first-order chi connectivity index (χ1) is 17.3. The highest BCUT2D eigenvalue weighted by Crippen LogP contribution is 2.32. The van der Waals surface area contributed by atoms with Gasteiger partial charge in [-0.1, -0.05) is 59.7 Å². The number of tetrazole rings is 1. The van der Waals surface area contributed by atoms with Crippen molar-refractivity contribution in [1.82, 2.24) is 30.4 Å². The van der Waals surface area contributed by atoms with Gasteiger partial charge in [-0.15, -0.1) is 24.8 Å². The summed E-state index contributed by atoms with van der Waals surface area (Å²) in [6.07, 6.45) is 2.29. The van der Waals surface area contributed by atoms with Gasteiger partial charge in [0, 0.05) is 19.1 Å². The minimum Gasteiger partial charge on any atom is -0.493 e. The first kappa shape index (κ1) is 28.4. The van der Waals surface area contributed by atoms with E-state index < -0.39 is 0 Å². The summed E-state index contributed by atoms with van der Waals surface area (Å²) in [6.45, 7) is 4.03. The predicted molar refractivity (Wildman–Crippen MR) is 148 cm³/mol. The van der Waals surface area contributed by atoms with E-state index >= 15 is 0 Å². The van der Waals surface area contributed by atoms with Crippen molar-refractivity contribution in [2.75, 3.05) is 20.2 Å². The van der Waals surface area contributed by atoms with Gasteiger partial charge in [0.15, 0.2) is 11.5 Å². The lowest BCUT2D eigenvalue weighted by atomic mass is 10.0. The average molecular weight is 543 g/mol. The summed E-state index contributed by atoms with van der Waals surface area (Å²) in [5.41, 5.74) is 3.34. The van der Waals surface area contributed by atoms with Gasteiger partial charge in [0.1, 0.15) is 0 Å². The number of aromatic nitrogens is 4. The number of hydrogen-bond donors (Lipinski definition) is 1. The molecule has 0 amide bonds. The number of piperidine rings is 1. The Labute approximate surface area is 229 Å². The van der Waals surface area contributed by atoms with Crippen LogP contribution in [0, 0.1) is 0 Å². The van der Waals surface area contributed by atoms with E-state index in [2.05, 4.69) is 56.1 Å². The van der Waals surface area contributed by atoms with E-state index in [4.69, 9.17) is 9.47 Å². The van der Waals surface area contributed by atoms with Crippen LogP contribution in [0.15, 0.2) is 78.9 Å². The van der Waals surface area contributed by atoms with Crippen molar-refractivity contribution in [3.8, 4) is 23.2 Å². The van der Waals surface area contributed by atoms with E-state index in [1.807, 2.05) is 48.5 Å². The summed E-state index contributed by atoms with van der Waals surface area (Å²) in [4.78, 5) is 2.53. The first-order valence-electron chi connectivity index (χ1n) is 12.0. The lowest BCUT2D eigenvalue weighted by Gasteiger charge is -2.32. The van der Waals surface area contributed by atoms with Crippen molar-refractivity contribution in [1.29, 1.82) is 0 Å². The molecule has 1 aliphatic rings. The number of nitrogens with one attached hydrogen (secondary N) is 1. The van der Waals surface area contributed by atoms with Crippen molar-refractivity contribution >= 4 is 24.8 Å². The fraction of sp³-hybridized carbons (Fsp3) is 0.296. The van der Waals surface area contributed by atoms with Crippen molar-refractivity contribution in [3.63, 3.8) is 0 Å². The molecule has 0 unspecified atom stereocenters. The van der Waals surface area contributed by atoms with E-state index in [-0.39, 0.29) is 30.8 Å². The quantitative estimate of drug-likeness (QED) is 0.316. The second-order valence-electron chi connectivity index (χ2n) is 8.71. The van der Waals surface area contributed by atoms with Crippen LogP contribution in [-0.4, -0.2) is 51.3 Å². The monoisotopic (exact) mass is 542 g/mol. The molecule has 4 aromatic rings. The van der Waals surface area contributed by atoms with Gasteiger partial charge in [0.05, 0.1) is 12.8 Å². The summed E-state index contributed by atoms with van der Waals surface area (Å²) >= 11 is 0. The fourth-order valence-electron chi connectivity index (χ4n) is 4.38. The normalized spacial score (nSPS) is 13.9. The Kier molecular flexibility index (Phi) is 10.7. The number of halogens is 2. The summed E-state index contributed by atoms with van der Waals surface area (Å²) in [6, 6.07) is 27.1.